The summed E-state index contributed by atoms with van der Waals surface area (Å²) >= 11 is 0. The number of nitrogens with zero attached hydrogens (tertiary/aromatic N) is 3. The number of carbonyl (C=O) groups is 1. The van der Waals surface area contributed by atoms with Crippen LogP contribution in [0.2, 0.25) is 0 Å². The summed E-state index contributed by atoms with van der Waals surface area (Å²) in [6.07, 6.45) is -5.70. The van der Waals surface area contributed by atoms with Crippen molar-refractivity contribution in [2.45, 2.75) is 25.7 Å². The lowest BCUT2D eigenvalue weighted by Gasteiger charge is -2.39. The van der Waals surface area contributed by atoms with Gasteiger partial charge in [-0.05, 0) is 12.6 Å². The third kappa shape index (κ3) is 4.38. The summed E-state index contributed by atoms with van der Waals surface area (Å²) < 4.78 is 43.0. The van der Waals surface area contributed by atoms with Crippen molar-refractivity contribution >= 4 is 12.1 Å². The molecule has 1 saturated heterocycles. The Balaban J connectivity index is 2.42. The van der Waals surface area contributed by atoms with E-state index >= 15 is 0 Å². The quantitative estimate of drug-likeness (QED) is 0.423. The Morgan fingerprint density at radius 1 is 1.40 bits per heavy atom. The van der Waals surface area contributed by atoms with Crippen LogP contribution in [0.1, 0.15) is 18.5 Å². The number of alkyl halides is 3. The van der Waals surface area contributed by atoms with E-state index in [0.29, 0.717) is 32.6 Å². The lowest BCUT2D eigenvalue weighted by Crippen LogP contribution is -2.47. The first kappa shape index (κ1) is 19.0. The van der Waals surface area contributed by atoms with Crippen LogP contribution in [0, 0.1) is 10.1 Å². The minimum absolute atomic E-state index is 0.249. The molecule has 1 aliphatic heterocycles. The van der Waals surface area contributed by atoms with E-state index in [9.17, 15) is 28.1 Å². The maximum Gasteiger partial charge on any atom is 0.304 e. The zero-order valence-electron chi connectivity index (χ0n) is 13.5. The molecule has 1 amide bonds. The van der Waals surface area contributed by atoms with Crippen LogP contribution < -0.4 is 4.74 Å². The predicted molar refractivity (Wildman–Crippen MR) is 82.2 cm³/mol. The number of amides is 1. The van der Waals surface area contributed by atoms with Crippen LogP contribution in [0.3, 0.4) is 0 Å². The van der Waals surface area contributed by atoms with Crippen LogP contribution in [0.25, 0.3) is 0 Å². The summed E-state index contributed by atoms with van der Waals surface area (Å²) in [7, 11) is 0. The van der Waals surface area contributed by atoms with Crippen molar-refractivity contribution in [3.8, 4) is 5.75 Å². The van der Waals surface area contributed by atoms with Crippen molar-refractivity contribution in [1.29, 1.82) is 0 Å². The van der Waals surface area contributed by atoms with Gasteiger partial charge in [-0.15, -0.1) is 0 Å². The molecule has 2 atom stereocenters. The molecule has 138 valence electrons. The first-order chi connectivity index (χ1) is 11.9. The van der Waals surface area contributed by atoms with Gasteiger partial charge in [0.1, 0.15) is 5.75 Å². The summed E-state index contributed by atoms with van der Waals surface area (Å²) in [5, 5.41) is 10.9. The van der Waals surface area contributed by atoms with Gasteiger partial charge in [-0.1, -0.05) is 6.92 Å². The van der Waals surface area contributed by atoms with Gasteiger partial charge in [-0.2, -0.15) is 4.39 Å². The number of hydrogen-bond donors (Lipinski definition) is 0. The maximum absolute atomic E-state index is 13.4. The Morgan fingerprint density at radius 2 is 2.12 bits per heavy atom. The molecule has 0 radical (unpaired) electrons. The van der Waals surface area contributed by atoms with Gasteiger partial charge in [0.15, 0.2) is 0 Å². The van der Waals surface area contributed by atoms with Crippen molar-refractivity contribution in [1.82, 2.24) is 9.80 Å². The topological polar surface area (TPSA) is 75.9 Å². The molecule has 0 spiro atoms. The van der Waals surface area contributed by atoms with Crippen LogP contribution in [-0.2, 0) is 4.79 Å². The average Bonchev–Trinajstić information content (AvgIpc) is 2.60. The lowest BCUT2D eigenvalue weighted by atomic mass is 10.0. The number of halogens is 3. The van der Waals surface area contributed by atoms with Gasteiger partial charge in [0.25, 0.3) is 12.0 Å². The molecule has 25 heavy (non-hydrogen) atoms. The van der Waals surface area contributed by atoms with E-state index in [1.807, 2.05) is 11.8 Å². The van der Waals surface area contributed by atoms with Gasteiger partial charge in [-0.3, -0.25) is 19.8 Å². The van der Waals surface area contributed by atoms with E-state index in [-0.39, 0.29) is 11.3 Å². The highest BCUT2D eigenvalue weighted by Crippen LogP contribution is 2.35. The Kier molecular flexibility index (Phi) is 6.18. The number of hydrogen-bond acceptors (Lipinski definition) is 5. The second-order valence-electron chi connectivity index (χ2n) is 5.53. The summed E-state index contributed by atoms with van der Waals surface area (Å²) in [6.45, 7) is 4.05. The molecule has 1 aromatic rings. The van der Waals surface area contributed by atoms with Crippen molar-refractivity contribution in [3.63, 3.8) is 0 Å². The number of ether oxygens (including phenoxy) is 1. The van der Waals surface area contributed by atoms with Gasteiger partial charge >= 0.3 is 6.43 Å². The van der Waals surface area contributed by atoms with Crippen molar-refractivity contribution in [3.05, 3.63) is 33.9 Å². The molecule has 0 aromatic heterocycles. The minimum Gasteiger partial charge on any atom is -0.454 e. The monoisotopic (exact) mass is 361 g/mol. The van der Waals surface area contributed by atoms with E-state index in [1.165, 1.54) is 17.0 Å². The summed E-state index contributed by atoms with van der Waals surface area (Å²) in [6, 6.07) is 2.81. The van der Waals surface area contributed by atoms with Gasteiger partial charge in [0.2, 0.25) is 6.41 Å². The first-order valence-electron chi connectivity index (χ1n) is 7.68. The molecule has 0 aliphatic carbocycles. The average molecular weight is 361 g/mol. The van der Waals surface area contributed by atoms with E-state index < -0.39 is 29.4 Å². The fourth-order valence-electron chi connectivity index (χ4n) is 2.73. The van der Waals surface area contributed by atoms with Crippen LogP contribution in [0.4, 0.5) is 18.9 Å². The molecule has 0 bridgehead atoms. The van der Waals surface area contributed by atoms with Crippen molar-refractivity contribution < 1.29 is 27.6 Å². The second-order valence-corrected chi connectivity index (χ2v) is 5.53. The smallest absolute Gasteiger partial charge is 0.304 e. The van der Waals surface area contributed by atoms with E-state index in [0.717, 1.165) is 6.07 Å². The van der Waals surface area contributed by atoms with Crippen LogP contribution in [0.5, 0.6) is 5.75 Å². The Labute approximate surface area is 142 Å². The standard InChI is InChI=1S/C15H18F3N3O4/c1-2-19-5-6-20(9-22)12(8-19)11-4-3-10(21(23)24)7-13(11)25-15(18)14(16)17/h3-4,7,9,12,14-15H,2,5-6,8H2,1H3. The van der Waals surface area contributed by atoms with Crippen LogP contribution in [-0.4, -0.2) is 60.1 Å². The number of non-ortho nitro benzene ring substituents is 1. The molecule has 0 N–H and O–H groups in total. The highest BCUT2D eigenvalue weighted by molar-refractivity contribution is 5.52. The number of nitro groups is 1. The number of carbonyl (C=O) groups excluding carboxylic acids is 1. The zero-order chi connectivity index (χ0) is 18.6. The molecule has 7 nitrogen and oxygen atoms in total. The van der Waals surface area contributed by atoms with E-state index in [1.54, 1.807) is 0 Å². The molecule has 1 aliphatic rings. The van der Waals surface area contributed by atoms with Gasteiger partial charge in [0.05, 0.1) is 17.0 Å². The predicted octanol–water partition coefficient (Wildman–Crippen LogP) is 2.37. The Morgan fingerprint density at radius 3 is 2.68 bits per heavy atom. The normalized spacial score (nSPS) is 19.7. The molecule has 2 unspecified atom stereocenters. The van der Waals surface area contributed by atoms with Crippen LogP contribution in [0.15, 0.2) is 18.2 Å². The largest absolute Gasteiger partial charge is 0.454 e. The molecule has 0 saturated carbocycles. The molecule has 10 heteroatoms. The third-order valence-corrected chi connectivity index (χ3v) is 4.09. The first-order valence-corrected chi connectivity index (χ1v) is 7.68. The van der Waals surface area contributed by atoms with Crippen molar-refractivity contribution in [2.75, 3.05) is 26.2 Å². The van der Waals surface area contributed by atoms with Gasteiger partial charge in [0, 0.05) is 31.3 Å². The SMILES string of the molecule is CCN1CCN(C=O)C(c2ccc([N+](=O)[O-])cc2OC(F)C(F)F)C1. The molecule has 1 aromatic carbocycles. The molecule has 1 fully saturated rings. The third-order valence-electron chi connectivity index (χ3n) is 4.09. The van der Waals surface area contributed by atoms with E-state index in [2.05, 4.69) is 4.74 Å². The highest BCUT2D eigenvalue weighted by Gasteiger charge is 2.31. The summed E-state index contributed by atoms with van der Waals surface area (Å²) in [5.41, 5.74) is -0.167. The number of benzene rings is 1. The van der Waals surface area contributed by atoms with Gasteiger partial charge in [-0.25, -0.2) is 8.78 Å². The number of likely N-dealkylation sites (N-methyl/N-ethyl adjacent to an activating group) is 1. The number of piperazine rings is 1. The molecule has 2 rings (SSSR count). The maximum atomic E-state index is 13.4. The molecular weight excluding hydrogens is 343 g/mol. The Hall–Kier alpha value is -2.36. The summed E-state index contributed by atoms with van der Waals surface area (Å²) in [4.78, 5) is 25.0. The summed E-state index contributed by atoms with van der Waals surface area (Å²) in [5.74, 6) is -0.364. The highest BCUT2D eigenvalue weighted by atomic mass is 19.3. The number of nitro benzene ring substituents is 1. The van der Waals surface area contributed by atoms with E-state index in [4.69, 9.17) is 0 Å². The lowest BCUT2D eigenvalue weighted by molar-refractivity contribution is -0.385. The second kappa shape index (κ2) is 8.15. The molecule has 1 heterocycles. The fraction of sp³-hybridized carbons (Fsp3) is 0.533. The zero-order valence-corrected chi connectivity index (χ0v) is 13.5. The molecular formula is C15H18F3N3O4. The number of rotatable bonds is 7. The minimum atomic E-state index is -3.40. The van der Waals surface area contributed by atoms with Gasteiger partial charge < -0.3 is 9.64 Å². The van der Waals surface area contributed by atoms with Crippen molar-refractivity contribution in [2.24, 2.45) is 0 Å². The Bertz CT molecular complexity index is 632. The fourth-order valence-corrected chi connectivity index (χ4v) is 2.73. The van der Waals surface area contributed by atoms with Crippen LogP contribution >= 0.6 is 0 Å².